The number of hydrogen-bond donors (Lipinski definition) is 0. The van der Waals surface area contributed by atoms with Gasteiger partial charge in [-0.2, -0.15) is 5.26 Å². The molecule has 1 heterocycles. The Morgan fingerprint density at radius 2 is 2.31 bits per heavy atom. The average molecular weight is 212 g/mol. The summed E-state index contributed by atoms with van der Waals surface area (Å²) in [5.74, 6) is 0. The van der Waals surface area contributed by atoms with E-state index in [9.17, 15) is 0 Å². The minimum Gasteiger partial charge on any atom is -0.198 e. The van der Waals surface area contributed by atoms with Crippen LogP contribution < -0.4 is 0 Å². The Kier molecular flexibility index (Phi) is 2.31. The lowest BCUT2D eigenvalue weighted by Gasteiger charge is -2.34. The maximum absolute atomic E-state index is 9.03. The molecule has 0 atom stereocenters. The summed E-state index contributed by atoms with van der Waals surface area (Å²) in [6, 6.07) is 6.38. The molecule has 0 radical (unpaired) electrons. The first-order valence-electron chi connectivity index (χ1n) is 4.40. The lowest BCUT2D eigenvalue weighted by molar-refractivity contribution is 0.215. The fourth-order valence-corrected chi connectivity index (χ4v) is 2.94. The molecular formula is C10H10ClNS. The molecule has 1 aromatic heterocycles. The van der Waals surface area contributed by atoms with Crippen LogP contribution in [0.1, 0.15) is 24.1 Å². The first-order valence-corrected chi connectivity index (χ1v) is 5.59. The second-order valence-electron chi connectivity index (χ2n) is 3.63. The van der Waals surface area contributed by atoms with Crippen LogP contribution in [0.25, 0.3) is 0 Å². The Hall–Kier alpha value is -0.520. The number of thiophene rings is 1. The molecule has 1 nitrogen and oxygen atoms in total. The number of halogens is 1. The fraction of sp³-hybridized carbons (Fsp3) is 0.500. The van der Waals surface area contributed by atoms with Crippen molar-refractivity contribution in [1.29, 1.82) is 5.26 Å². The second-order valence-corrected chi connectivity index (χ2v) is 5.43. The Bertz CT molecular complexity index is 346. The maximum atomic E-state index is 9.03. The first-order chi connectivity index (χ1) is 6.24. The van der Waals surface area contributed by atoms with Crippen LogP contribution in [0.2, 0.25) is 4.34 Å². The molecule has 1 aliphatic carbocycles. The van der Waals surface area contributed by atoms with Crippen LogP contribution in [0, 0.1) is 16.7 Å². The number of nitrogens with zero attached hydrogens (tertiary/aromatic N) is 1. The Morgan fingerprint density at radius 1 is 1.54 bits per heavy atom. The van der Waals surface area contributed by atoms with Crippen molar-refractivity contribution in [3.63, 3.8) is 0 Å². The van der Waals surface area contributed by atoms with Crippen molar-refractivity contribution < 1.29 is 0 Å². The van der Waals surface area contributed by atoms with Gasteiger partial charge in [-0.05, 0) is 25.0 Å². The summed E-state index contributed by atoms with van der Waals surface area (Å²) in [4.78, 5) is 1.24. The third kappa shape index (κ3) is 1.72. The smallest absolute Gasteiger partial charge is 0.0931 e. The largest absolute Gasteiger partial charge is 0.198 e. The summed E-state index contributed by atoms with van der Waals surface area (Å²) in [6.45, 7) is 0. The molecule has 0 spiro atoms. The third-order valence-corrected chi connectivity index (χ3v) is 3.92. The molecule has 1 aliphatic rings. The van der Waals surface area contributed by atoms with Gasteiger partial charge in [0.25, 0.3) is 0 Å². The molecule has 13 heavy (non-hydrogen) atoms. The van der Waals surface area contributed by atoms with Gasteiger partial charge in [0.05, 0.1) is 15.8 Å². The van der Waals surface area contributed by atoms with Crippen LogP contribution in [-0.4, -0.2) is 0 Å². The van der Waals surface area contributed by atoms with Gasteiger partial charge in [0.15, 0.2) is 0 Å². The van der Waals surface area contributed by atoms with Crippen LogP contribution >= 0.6 is 22.9 Å². The van der Waals surface area contributed by atoms with E-state index in [4.69, 9.17) is 16.9 Å². The molecule has 1 fully saturated rings. The zero-order valence-corrected chi connectivity index (χ0v) is 8.79. The van der Waals surface area contributed by atoms with Crippen LogP contribution in [-0.2, 0) is 6.42 Å². The Morgan fingerprint density at radius 3 is 2.69 bits per heavy atom. The predicted octanol–water partition coefficient (Wildman–Crippen LogP) is 3.64. The van der Waals surface area contributed by atoms with Crippen LogP contribution in [0.4, 0.5) is 0 Å². The van der Waals surface area contributed by atoms with Gasteiger partial charge in [-0.25, -0.2) is 0 Å². The fourth-order valence-electron chi connectivity index (χ4n) is 1.71. The van der Waals surface area contributed by atoms with Gasteiger partial charge in [0.2, 0.25) is 0 Å². The number of hydrogen-bond acceptors (Lipinski definition) is 2. The molecule has 0 aliphatic heterocycles. The molecule has 0 amide bonds. The van der Waals surface area contributed by atoms with Crippen molar-refractivity contribution in [3.8, 4) is 6.07 Å². The molecule has 0 bridgehead atoms. The van der Waals surface area contributed by atoms with Gasteiger partial charge in [-0.3, -0.25) is 0 Å². The van der Waals surface area contributed by atoms with E-state index < -0.39 is 0 Å². The predicted molar refractivity (Wildman–Crippen MR) is 54.9 cm³/mol. The maximum Gasteiger partial charge on any atom is 0.0931 e. The van der Waals surface area contributed by atoms with Gasteiger partial charge in [-0.15, -0.1) is 11.3 Å². The first kappa shape index (κ1) is 9.05. The van der Waals surface area contributed by atoms with E-state index in [0.717, 1.165) is 23.6 Å². The van der Waals surface area contributed by atoms with E-state index in [0.29, 0.717) is 0 Å². The standard InChI is InChI=1S/C10H10ClNS/c11-9-3-2-8(13-9)6-10(7-12)4-1-5-10/h2-3H,1,4-6H2. The van der Waals surface area contributed by atoms with Crippen LogP contribution in [0.5, 0.6) is 0 Å². The van der Waals surface area contributed by atoms with Gasteiger partial charge in [-0.1, -0.05) is 18.0 Å². The summed E-state index contributed by atoms with van der Waals surface area (Å²) in [7, 11) is 0. The lowest BCUT2D eigenvalue weighted by Crippen LogP contribution is -2.29. The number of nitriles is 1. The minimum absolute atomic E-state index is 0.0613. The van der Waals surface area contributed by atoms with Gasteiger partial charge in [0.1, 0.15) is 0 Å². The number of rotatable bonds is 2. The van der Waals surface area contributed by atoms with E-state index in [1.165, 1.54) is 11.3 Å². The van der Waals surface area contributed by atoms with E-state index >= 15 is 0 Å². The van der Waals surface area contributed by atoms with Crippen molar-refractivity contribution in [2.75, 3.05) is 0 Å². The topological polar surface area (TPSA) is 23.8 Å². The average Bonchev–Trinajstić information content (AvgIpc) is 2.44. The second kappa shape index (κ2) is 3.32. The molecule has 0 saturated heterocycles. The third-order valence-electron chi connectivity index (χ3n) is 2.69. The quantitative estimate of drug-likeness (QED) is 0.733. The summed E-state index contributed by atoms with van der Waals surface area (Å²) >= 11 is 7.42. The van der Waals surface area contributed by atoms with Crippen molar-refractivity contribution in [2.45, 2.75) is 25.7 Å². The van der Waals surface area contributed by atoms with Gasteiger partial charge in [0, 0.05) is 11.3 Å². The summed E-state index contributed by atoms with van der Waals surface area (Å²) in [5, 5.41) is 9.03. The van der Waals surface area contributed by atoms with E-state index in [2.05, 4.69) is 6.07 Å². The molecule has 0 aromatic carbocycles. The Labute approximate surface area is 87.0 Å². The molecule has 1 saturated carbocycles. The molecule has 1 aromatic rings. The zero-order valence-electron chi connectivity index (χ0n) is 7.22. The van der Waals surface area contributed by atoms with E-state index in [1.807, 2.05) is 12.1 Å². The lowest BCUT2D eigenvalue weighted by atomic mass is 9.67. The van der Waals surface area contributed by atoms with Crippen molar-refractivity contribution >= 4 is 22.9 Å². The molecule has 0 unspecified atom stereocenters. The molecular weight excluding hydrogens is 202 g/mol. The summed E-state index contributed by atoms with van der Waals surface area (Å²) in [6.07, 6.45) is 4.20. The zero-order chi connectivity index (χ0) is 9.31. The normalized spacial score (nSPS) is 19.1. The van der Waals surface area contributed by atoms with Crippen molar-refractivity contribution in [3.05, 3.63) is 21.3 Å². The van der Waals surface area contributed by atoms with E-state index in [-0.39, 0.29) is 5.41 Å². The molecule has 2 rings (SSSR count). The van der Waals surface area contributed by atoms with Crippen LogP contribution in [0.15, 0.2) is 12.1 Å². The highest BCUT2D eigenvalue weighted by Crippen LogP contribution is 2.44. The molecule has 3 heteroatoms. The van der Waals surface area contributed by atoms with Crippen LogP contribution in [0.3, 0.4) is 0 Å². The summed E-state index contributed by atoms with van der Waals surface area (Å²) in [5.41, 5.74) is -0.0613. The monoisotopic (exact) mass is 211 g/mol. The van der Waals surface area contributed by atoms with Crippen molar-refractivity contribution in [1.82, 2.24) is 0 Å². The Balaban J connectivity index is 2.09. The van der Waals surface area contributed by atoms with Gasteiger partial charge >= 0.3 is 0 Å². The van der Waals surface area contributed by atoms with Gasteiger partial charge < -0.3 is 0 Å². The minimum atomic E-state index is -0.0613. The van der Waals surface area contributed by atoms with E-state index in [1.54, 1.807) is 11.3 Å². The highest BCUT2D eigenvalue weighted by Gasteiger charge is 2.37. The molecule has 0 N–H and O–H groups in total. The molecule has 68 valence electrons. The highest BCUT2D eigenvalue weighted by atomic mass is 35.5. The highest BCUT2D eigenvalue weighted by molar-refractivity contribution is 7.16. The SMILES string of the molecule is N#CC1(Cc2ccc(Cl)s2)CCC1. The van der Waals surface area contributed by atoms with Crippen molar-refractivity contribution in [2.24, 2.45) is 5.41 Å². The summed E-state index contributed by atoms with van der Waals surface area (Å²) < 4.78 is 0.822.